The van der Waals surface area contributed by atoms with Crippen molar-refractivity contribution < 1.29 is 9.13 Å². The molecule has 2 rings (SSSR count). The zero-order valence-electron chi connectivity index (χ0n) is 18.6. The van der Waals surface area contributed by atoms with Crippen LogP contribution in [-0.2, 0) is 0 Å². The van der Waals surface area contributed by atoms with Gasteiger partial charge in [0.05, 0.1) is 23.9 Å². The van der Waals surface area contributed by atoms with Gasteiger partial charge in [-0.25, -0.2) is 4.98 Å². The van der Waals surface area contributed by atoms with Crippen molar-refractivity contribution >= 4 is 6.08 Å². The third-order valence-corrected chi connectivity index (χ3v) is 4.70. The predicted molar refractivity (Wildman–Crippen MR) is 123 cm³/mol. The first-order chi connectivity index (χ1) is 14.9. The molecule has 0 saturated heterocycles. The van der Waals surface area contributed by atoms with Crippen LogP contribution in [-0.4, -0.2) is 37.1 Å². The van der Waals surface area contributed by atoms with Crippen molar-refractivity contribution in [1.29, 1.82) is 5.26 Å². The molecule has 1 N–H and O–H groups in total. The van der Waals surface area contributed by atoms with Crippen LogP contribution >= 0.6 is 0 Å². The largest absolute Gasteiger partial charge is 0.494 e. The normalized spacial score (nSPS) is 12.3. The van der Waals surface area contributed by atoms with Gasteiger partial charge in [0.15, 0.2) is 0 Å². The van der Waals surface area contributed by atoms with Gasteiger partial charge in [0.1, 0.15) is 11.8 Å². The Bertz CT molecular complexity index is 916. The van der Waals surface area contributed by atoms with Gasteiger partial charge in [-0.15, -0.1) is 0 Å². The molecular weight excluding hydrogens is 391 g/mol. The standard InChI is InChI=1S/C25H31FN4O/c1-5-8-24(20-11-13-23(14-12-20)31-16-7-15-30(3)4)28-19(2)21(18-27)17-22-9-6-10-25(26)29-22/h6,9-14,17,24,28H,2,5,7-8,15-16H2,1,3-4H3/b21-17+. The summed E-state index contributed by atoms with van der Waals surface area (Å²) >= 11 is 0. The van der Waals surface area contributed by atoms with Crippen LogP contribution in [0.25, 0.3) is 6.08 Å². The third kappa shape index (κ3) is 8.23. The molecule has 2 aromatic rings. The quantitative estimate of drug-likeness (QED) is 0.223. The number of nitrogens with one attached hydrogen (secondary N) is 1. The van der Waals surface area contributed by atoms with E-state index in [4.69, 9.17) is 4.74 Å². The van der Waals surface area contributed by atoms with Gasteiger partial charge in [-0.05, 0) is 62.8 Å². The second-order valence-corrected chi connectivity index (χ2v) is 7.59. The molecule has 0 saturated carbocycles. The molecule has 5 nitrogen and oxygen atoms in total. The zero-order chi connectivity index (χ0) is 22.6. The molecule has 0 aliphatic heterocycles. The van der Waals surface area contributed by atoms with E-state index in [0.717, 1.165) is 37.1 Å². The number of aromatic nitrogens is 1. The zero-order valence-corrected chi connectivity index (χ0v) is 18.6. The van der Waals surface area contributed by atoms with Crippen molar-refractivity contribution in [3.63, 3.8) is 0 Å². The molecular formula is C25H31FN4O. The smallest absolute Gasteiger partial charge is 0.213 e. The highest BCUT2D eigenvalue weighted by atomic mass is 19.1. The SMILES string of the molecule is C=C(NC(CCC)c1ccc(OCCCN(C)C)cc1)/C(C#N)=C/c1cccc(F)n1. The fraction of sp³-hybridized carbons (Fsp3) is 0.360. The van der Waals surface area contributed by atoms with Gasteiger partial charge in [-0.2, -0.15) is 9.65 Å². The van der Waals surface area contributed by atoms with E-state index in [1.807, 2.05) is 38.4 Å². The Hall–Kier alpha value is -3.17. The number of rotatable bonds is 12. The Morgan fingerprint density at radius 2 is 2.03 bits per heavy atom. The minimum atomic E-state index is -0.586. The van der Waals surface area contributed by atoms with E-state index in [9.17, 15) is 9.65 Å². The number of hydrogen-bond acceptors (Lipinski definition) is 5. The van der Waals surface area contributed by atoms with Crippen molar-refractivity contribution in [2.45, 2.75) is 32.2 Å². The molecule has 0 aliphatic rings. The summed E-state index contributed by atoms with van der Waals surface area (Å²) in [7, 11) is 4.09. The summed E-state index contributed by atoms with van der Waals surface area (Å²) in [5.41, 5.74) is 2.27. The molecule has 31 heavy (non-hydrogen) atoms. The van der Waals surface area contributed by atoms with Crippen molar-refractivity contribution in [2.75, 3.05) is 27.2 Å². The number of benzene rings is 1. The van der Waals surface area contributed by atoms with Crippen LogP contribution in [0.3, 0.4) is 0 Å². The number of allylic oxidation sites excluding steroid dienone is 1. The summed E-state index contributed by atoms with van der Waals surface area (Å²) < 4.78 is 19.2. The lowest BCUT2D eigenvalue weighted by atomic mass is 10.0. The van der Waals surface area contributed by atoms with Crippen LogP contribution < -0.4 is 10.1 Å². The van der Waals surface area contributed by atoms with Gasteiger partial charge in [-0.3, -0.25) is 0 Å². The molecule has 0 amide bonds. The van der Waals surface area contributed by atoms with E-state index in [-0.39, 0.29) is 6.04 Å². The minimum Gasteiger partial charge on any atom is -0.494 e. The number of pyridine rings is 1. The fourth-order valence-corrected chi connectivity index (χ4v) is 3.11. The summed E-state index contributed by atoms with van der Waals surface area (Å²) in [6.45, 7) is 7.79. The van der Waals surface area contributed by atoms with Gasteiger partial charge < -0.3 is 15.0 Å². The molecule has 6 heteroatoms. The highest BCUT2D eigenvalue weighted by Gasteiger charge is 2.14. The molecule has 0 spiro atoms. The molecule has 0 fully saturated rings. The Morgan fingerprint density at radius 1 is 1.29 bits per heavy atom. The monoisotopic (exact) mass is 422 g/mol. The van der Waals surface area contributed by atoms with E-state index in [0.29, 0.717) is 23.6 Å². The van der Waals surface area contributed by atoms with Crippen LogP contribution in [0.2, 0.25) is 0 Å². The van der Waals surface area contributed by atoms with E-state index >= 15 is 0 Å². The number of nitrogens with zero attached hydrogens (tertiary/aromatic N) is 3. The lowest BCUT2D eigenvalue weighted by molar-refractivity contribution is 0.281. The average Bonchev–Trinajstić information content (AvgIpc) is 2.75. The van der Waals surface area contributed by atoms with Gasteiger partial charge in [0.2, 0.25) is 5.95 Å². The van der Waals surface area contributed by atoms with Crippen molar-refractivity contribution in [3.8, 4) is 11.8 Å². The van der Waals surface area contributed by atoms with Gasteiger partial charge in [-0.1, -0.05) is 38.1 Å². The first-order valence-electron chi connectivity index (χ1n) is 10.5. The lowest BCUT2D eigenvalue weighted by Crippen LogP contribution is -2.21. The van der Waals surface area contributed by atoms with Crippen molar-refractivity contribution in [3.05, 3.63) is 77.5 Å². The summed E-state index contributed by atoms with van der Waals surface area (Å²) in [4.78, 5) is 5.92. The molecule has 1 heterocycles. The molecule has 0 aliphatic carbocycles. The van der Waals surface area contributed by atoms with Crippen LogP contribution in [0.15, 0.2) is 60.3 Å². The highest BCUT2D eigenvalue weighted by Crippen LogP contribution is 2.24. The number of halogens is 1. The maximum absolute atomic E-state index is 13.3. The molecule has 0 radical (unpaired) electrons. The van der Waals surface area contributed by atoms with Gasteiger partial charge >= 0.3 is 0 Å². The van der Waals surface area contributed by atoms with Crippen LogP contribution in [0, 0.1) is 17.3 Å². The maximum atomic E-state index is 13.3. The molecule has 1 atom stereocenters. The molecule has 1 aromatic carbocycles. The molecule has 1 aromatic heterocycles. The van der Waals surface area contributed by atoms with Crippen molar-refractivity contribution in [2.24, 2.45) is 0 Å². The van der Waals surface area contributed by atoms with E-state index in [1.165, 1.54) is 12.1 Å². The van der Waals surface area contributed by atoms with E-state index in [1.54, 1.807) is 12.1 Å². The van der Waals surface area contributed by atoms with Crippen LogP contribution in [0.1, 0.15) is 43.5 Å². The van der Waals surface area contributed by atoms with E-state index < -0.39 is 5.95 Å². The van der Waals surface area contributed by atoms with Crippen molar-refractivity contribution in [1.82, 2.24) is 15.2 Å². The van der Waals surface area contributed by atoms with Crippen LogP contribution in [0.5, 0.6) is 5.75 Å². The Kier molecular flexibility index (Phi) is 9.73. The number of ether oxygens (including phenoxy) is 1. The first-order valence-corrected chi connectivity index (χ1v) is 10.5. The molecule has 164 valence electrons. The second-order valence-electron chi connectivity index (χ2n) is 7.59. The minimum absolute atomic E-state index is 0.00231. The maximum Gasteiger partial charge on any atom is 0.213 e. The average molecular weight is 423 g/mol. The lowest BCUT2D eigenvalue weighted by Gasteiger charge is -2.21. The summed E-state index contributed by atoms with van der Waals surface area (Å²) in [5.74, 6) is 0.254. The molecule has 1 unspecified atom stereocenters. The summed E-state index contributed by atoms with van der Waals surface area (Å²) in [6.07, 6.45) is 4.34. The number of hydrogen-bond donors (Lipinski definition) is 1. The molecule has 0 bridgehead atoms. The summed E-state index contributed by atoms with van der Waals surface area (Å²) in [5, 5.41) is 12.9. The highest BCUT2D eigenvalue weighted by molar-refractivity contribution is 5.60. The topological polar surface area (TPSA) is 61.2 Å². The third-order valence-electron chi connectivity index (χ3n) is 4.70. The Labute approximate surface area is 184 Å². The van der Waals surface area contributed by atoms with E-state index in [2.05, 4.69) is 34.8 Å². The second kappa shape index (κ2) is 12.5. The predicted octanol–water partition coefficient (Wildman–Crippen LogP) is 5.10. The van der Waals surface area contributed by atoms with Gasteiger partial charge in [0, 0.05) is 12.2 Å². The van der Waals surface area contributed by atoms with Crippen LogP contribution in [0.4, 0.5) is 4.39 Å². The summed E-state index contributed by atoms with van der Waals surface area (Å²) in [6, 6.07) is 14.6. The first kappa shape index (κ1) is 24.1. The Balaban J connectivity index is 2.05. The Morgan fingerprint density at radius 3 is 2.65 bits per heavy atom. The number of nitriles is 1. The van der Waals surface area contributed by atoms with Gasteiger partial charge in [0.25, 0.3) is 0 Å². The fourth-order valence-electron chi connectivity index (χ4n) is 3.11.